The molecule has 0 aliphatic rings. The predicted octanol–water partition coefficient (Wildman–Crippen LogP) is 4.23. The summed E-state index contributed by atoms with van der Waals surface area (Å²) in [4.78, 5) is 0. The summed E-state index contributed by atoms with van der Waals surface area (Å²) >= 11 is 4.37. The van der Waals surface area contributed by atoms with Gasteiger partial charge in [0, 0.05) is 5.75 Å². The number of rotatable bonds is 3. The molecule has 0 N–H and O–H groups in total. The molecular formula is C14H19NS. The minimum Gasteiger partial charge on any atom is -0.192 e. The summed E-state index contributed by atoms with van der Waals surface area (Å²) in [5, 5.41) is 9.17. The van der Waals surface area contributed by atoms with E-state index in [1.54, 1.807) is 0 Å². The van der Waals surface area contributed by atoms with Crippen molar-refractivity contribution in [3.8, 4) is 6.07 Å². The van der Waals surface area contributed by atoms with Gasteiger partial charge in [0.05, 0.1) is 11.6 Å². The lowest BCUT2D eigenvalue weighted by Crippen LogP contribution is -2.01. The first-order chi connectivity index (χ1) is 7.51. The monoisotopic (exact) mass is 233 g/mol. The fourth-order valence-electron chi connectivity index (χ4n) is 1.93. The molecule has 0 radical (unpaired) electrons. The molecule has 2 heteroatoms. The first-order valence-corrected chi connectivity index (χ1v) is 6.32. The van der Waals surface area contributed by atoms with E-state index in [-0.39, 0.29) is 0 Å². The Hall–Kier alpha value is -0.940. The highest BCUT2D eigenvalue weighted by molar-refractivity contribution is 7.79. The molecular weight excluding hydrogens is 214 g/mol. The van der Waals surface area contributed by atoms with Crippen molar-refractivity contribution in [3.63, 3.8) is 0 Å². The normalized spacial score (nSPS) is 10.9. The number of benzene rings is 1. The van der Waals surface area contributed by atoms with Crippen molar-refractivity contribution in [1.82, 2.24) is 0 Å². The Morgan fingerprint density at radius 1 is 1.12 bits per heavy atom. The van der Waals surface area contributed by atoms with E-state index in [2.05, 4.69) is 52.5 Å². The maximum absolute atomic E-state index is 9.17. The smallest absolute Gasteiger partial charge is 0.0994 e. The van der Waals surface area contributed by atoms with E-state index in [0.717, 1.165) is 16.9 Å². The second-order valence-electron chi connectivity index (χ2n) is 4.72. The molecule has 16 heavy (non-hydrogen) atoms. The number of nitriles is 1. The van der Waals surface area contributed by atoms with Crippen LogP contribution in [0, 0.1) is 11.3 Å². The van der Waals surface area contributed by atoms with Gasteiger partial charge in [-0.3, -0.25) is 0 Å². The third-order valence-corrected chi connectivity index (χ3v) is 3.19. The molecule has 0 fully saturated rings. The van der Waals surface area contributed by atoms with Gasteiger partial charge in [0.15, 0.2) is 0 Å². The topological polar surface area (TPSA) is 23.8 Å². The fraction of sp³-hybridized carbons (Fsp3) is 0.500. The summed E-state index contributed by atoms with van der Waals surface area (Å²) in [7, 11) is 0. The molecule has 0 spiro atoms. The van der Waals surface area contributed by atoms with Crippen LogP contribution in [0.15, 0.2) is 12.1 Å². The van der Waals surface area contributed by atoms with Gasteiger partial charge >= 0.3 is 0 Å². The molecule has 0 bridgehead atoms. The van der Waals surface area contributed by atoms with Crippen LogP contribution in [-0.4, -0.2) is 0 Å². The maximum atomic E-state index is 9.17. The standard InChI is InChI=1S/C14H19NS/c1-9(2)13-6-12(8-16)14(10(3)4)5-11(13)7-15/h5-6,9-10,16H,8H2,1-4H3. The molecule has 86 valence electrons. The number of thiol groups is 1. The van der Waals surface area contributed by atoms with E-state index in [0.29, 0.717) is 11.8 Å². The van der Waals surface area contributed by atoms with Gasteiger partial charge in [-0.1, -0.05) is 33.8 Å². The minimum atomic E-state index is 0.384. The van der Waals surface area contributed by atoms with Crippen LogP contribution in [0.1, 0.15) is 61.8 Å². The molecule has 0 aromatic heterocycles. The van der Waals surface area contributed by atoms with Crippen molar-refractivity contribution < 1.29 is 0 Å². The van der Waals surface area contributed by atoms with Crippen LogP contribution in [0.3, 0.4) is 0 Å². The minimum absolute atomic E-state index is 0.384. The third-order valence-electron chi connectivity index (χ3n) is 2.85. The van der Waals surface area contributed by atoms with Gasteiger partial charge in [-0.25, -0.2) is 0 Å². The van der Waals surface area contributed by atoms with E-state index in [1.165, 1.54) is 11.1 Å². The van der Waals surface area contributed by atoms with E-state index < -0.39 is 0 Å². The highest BCUT2D eigenvalue weighted by atomic mass is 32.1. The van der Waals surface area contributed by atoms with Gasteiger partial charge in [-0.2, -0.15) is 17.9 Å². The summed E-state index contributed by atoms with van der Waals surface area (Å²) in [6.45, 7) is 8.54. The van der Waals surface area contributed by atoms with Gasteiger partial charge in [0.1, 0.15) is 0 Å². The van der Waals surface area contributed by atoms with Crippen LogP contribution < -0.4 is 0 Å². The second-order valence-corrected chi connectivity index (χ2v) is 5.03. The zero-order valence-electron chi connectivity index (χ0n) is 10.4. The van der Waals surface area contributed by atoms with Crippen molar-refractivity contribution >= 4 is 12.6 Å². The molecule has 1 rings (SSSR count). The summed E-state index contributed by atoms with van der Waals surface area (Å²) in [6, 6.07) is 6.48. The van der Waals surface area contributed by atoms with Crippen LogP contribution in [0.4, 0.5) is 0 Å². The van der Waals surface area contributed by atoms with Crippen molar-refractivity contribution in [2.75, 3.05) is 0 Å². The number of hydrogen-bond donors (Lipinski definition) is 1. The number of nitrogens with zero attached hydrogens (tertiary/aromatic N) is 1. The van der Waals surface area contributed by atoms with Crippen LogP contribution in [-0.2, 0) is 5.75 Å². The maximum Gasteiger partial charge on any atom is 0.0994 e. The van der Waals surface area contributed by atoms with Gasteiger partial charge in [-0.05, 0) is 34.6 Å². The molecule has 0 aliphatic heterocycles. The predicted molar refractivity (Wildman–Crippen MR) is 72.0 cm³/mol. The highest BCUT2D eigenvalue weighted by Crippen LogP contribution is 2.28. The first-order valence-electron chi connectivity index (χ1n) is 5.68. The van der Waals surface area contributed by atoms with Crippen molar-refractivity contribution in [1.29, 1.82) is 5.26 Å². The Morgan fingerprint density at radius 2 is 1.69 bits per heavy atom. The Labute approximate surface area is 104 Å². The first kappa shape index (κ1) is 13.1. The lowest BCUT2D eigenvalue weighted by Gasteiger charge is -2.16. The summed E-state index contributed by atoms with van der Waals surface area (Å²) < 4.78 is 0. The quantitative estimate of drug-likeness (QED) is 0.776. The largest absolute Gasteiger partial charge is 0.192 e. The molecule has 1 aromatic carbocycles. The molecule has 0 amide bonds. The molecule has 1 aromatic rings. The average Bonchev–Trinajstić information content (AvgIpc) is 2.26. The van der Waals surface area contributed by atoms with E-state index in [1.807, 2.05) is 6.07 Å². The molecule has 0 atom stereocenters. The van der Waals surface area contributed by atoms with Crippen LogP contribution in [0.2, 0.25) is 0 Å². The fourth-order valence-corrected chi connectivity index (χ4v) is 2.20. The molecule has 0 saturated heterocycles. The van der Waals surface area contributed by atoms with Gasteiger partial charge in [0.25, 0.3) is 0 Å². The van der Waals surface area contributed by atoms with Crippen molar-refractivity contribution in [2.45, 2.75) is 45.3 Å². The van der Waals surface area contributed by atoms with Crippen molar-refractivity contribution in [3.05, 3.63) is 34.4 Å². The lowest BCUT2D eigenvalue weighted by molar-refractivity contribution is 0.831. The summed E-state index contributed by atoms with van der Waals surface area (Å²) in [5.74, 6) is 1.56. The van der Waals surface area contributed by atoms with E-state index in [4.69, 9.17) is 5.26 Å². The number of hydrogen-bond acceptors (Lipinski definition) is 2. The zero-order valence-corrected chi connectivity index (χ0v) is 11.3. The Kier molecular flexibility index (Phi) is 4.44. The van der Waals surface area contributed by atoms with Crippen molar-refractivity contribution in [2.24, 2.45) is 0 Å². The zero-order chi connectivity index (χ0) is 12.3. The Bertz CT molecular complexity index is 413. The Morgan fingerprint density at radius 3 is 2.06 bits per heavy atom. The van der Waals surface area contributed by atoms with Gasteiger partial charge in [-0.15, -0.1) is 0 Å². The van der Waals surface area contributed by atoms with E-state index in [9.17, 15) is 0 Å². The van der Waals surface area contributed by atoms with E-state index >= 15 is 0 Å². The Balaban J connectivity index is 3.42. The summed E-state index contributed by atoms with van der Waals surface area (Å²) in [5.41, 5.74) is 4.44. The molecule has 0 heterocycles. The van der Waals surface area contributed by atoms with Crippen LogP contribution >= 0.6 is 12.6 Å². The van der Waals surface area contributed by atoms with Crippen LogP contribution in [0.25, 0.3) is 0 Å². The van der Waals surface area contributed by atoms with Gasteiger partial charge in [0.2, 0.25) is 0 Å². The van der Waals surface area contributed by atoms with Crippen LogP contribution in [0.5, 0.6) is 0 Å². The molecule has 1 nitrogen and oxygen atoms in total. The molecule has 0 saturated carbocycles. The van der Waals surface area contributed by atoms with Gasteiger partial charge < -0.3 is 0 Å². The average molecular weight is 233 g/mol. The molecule has 0 aliphatic carbocycles. The highest BCUT2D eigenvalue weighted by Gasteiger charge is 2.13. The lowest BCUT2D eigenvalue weighted by atomic mass is 9.89. The summed E-state index contributed by atoms with van der Waals surface area (Å²) in [6.07, 6.45) is 0. The third kappa shape index (κ3) is 2.59. The molecule has 0 unspecified atom stereocenters. The SMILES string of the molecule is CC(C)c1cc(CS)c(C(C)C)cc1C#N. The second kappa shape index (κ2) is 5.41.